The van der Waals surface area contributed by atoms with Gasteiger partial charge in [-0.2, -0.15) is 0 Å². The number of rotatable bonds is 5. The Morgan fingerprint density at radius 3 is 2.71 bits per heavy atom. The highest BCUT2D eigenvalue weighted by Gasteiger charge is 2.13. The fourth-order valence-corrected chi connectivity index (χ4v) is 1.63. The van der Waals surface area contributed by atoms with Crippen molar-refractivity contribution in [3.05, 3.63) is 28.5 Å². The SMILES string of the molecule is CC[C@H](C)NC(=O)NC(=O)COC(=O)c1cncc(Br)c1. The first-order chi connectivity index (χ1) is 9.92. The average molecular weight is 358 g/mol. The Kier molecular flexibility index (Phi) is 6.80. The standard InChI is InChI=1S/C13H16BrN3O4/c1-3-8(2)16-13(20)17-11(18)7-21-12(19)9-4-10(14)6-15-5-9/h4-6,8H,3,7H2,1-2H3,(H2,16,17,18,20)/t8-/m0/s1. The lowest BCUT2D eigenvalue weighted by Gasteiger charge is -2.11. The lowest BCUT2D eigenvalue weighted by Crippen LogP contribution is -2.44. The van der Waals surface area contributed by atoms with E-state index in [0.717, 1.165) is 6.42 Å². The number of carbonyl (C=O) groups is 3. The molecule has 0 bridgehead atoms. The highest BCUT2D eigenvalue weighted by atomic mass is 79.9. The maximum absolute atomic E-state index is 11.6. The summed E-state index contributed by atoms with van der Waals surface area (Å²) in [4.78, 5) is 38.3. The lowest BCUT2D eigenvalue weighted by molar-refractivity contribution is -0.123. The first kappa shape index (κ1) is 17.1. The van der Waals surface area contributed by atoms with Gasteiger partial charge in [0.25, 0.3) is 5.91 Å². The Hall–Kier alpha value is -1.96. The number of ether oxygens (including phenoxy) is 1. The number of halogens is 1. The third-order valence-electron chi connectivity index (χ3n) is 2.52. The molecule has 0 aliphatic rings. The van der Waals surface area contributed by atoms with Crippen LogP contribution < -0.4 is 10.6 Å². The van der Waals surface area contributed by atoms with Crippen LogP contribution in [0.25, 0.3) is 0 Å². The van der Waals surface area contributed by atoms with Gasteiger partial charge < -0.3 is 10.1 Å². The summed E-state index contributed by atoms with van der Waals surface area (Å²) in [7, 11) is 0. The summed E-state index contributed by atoms with van der Waals surface area (Å²) < 4.78 is 5.41. The van der Waals surface area contributed by atoms with E-state index in [1.165, 1.54) is 18.5 Å². The molecule has 114 valence electrons. The van der Waals surface area contributed by atoms with Crippen molar-refractivity contribution < 1.29 is 19.1 Å². The number of imide groups is 1. The van der Waals surface area contributed by atoms with Gasteiger partial charge in [0.05, 0.1) is 5.56 Å². The molecule has 1 aromatic heterocycles. The van der Waals surface area contributed by atoms with Gasteiger partial charge in [0.2, 0.25) is 0 Å². The van der Waals surface area contributed by atoms with Gasteiger partial charge in [-0.15, -0.1) is 0 Å². The van der Waals surface area contributed by atoms with Crippen molar-refractivity contribution in [1.82, 2.24) is 15.6 Å². The second-order valence-corrected chi connectivity index (χ2v) is 5.21. The molecule has 7 nitrogen and oxygen atoms in total. The molecule has 0 radical (unpaired) electrons. The van der Waals surface area contributed by atoms with Crippen LogP contribution in [0.1, 0.15) is 30.6 Å². The topological polar surface area (TPSA) is 97.4 Å². The van der Waals surface area contributed by atoms with Gasteiger partial charge in [-0.05, 0) is 35.3 Å². The summed E-state index contributed by atoms with van der Waals surface area (Å²) in [5, 5.41) is 4.63. The van der Waals surface area contributed by atoms with E-state index in [1.54, 1.807) is 0 Å². The van der Waals surface area contributed by atoms with E-state index in [0.29, 0.717) is 4.47 Å². The molecular formula is C13H16BrN3O4. The van der Waals surface area contributed by atoms with Crippen molar-refractivity contribution >= 4 is 33.8 Å². The highest BCUT2D eigenvalue weighted by molar-refractivity contribution is 9.10. The molecule has 1 heterocycles. The Morgan fingerprint density at radius 1 is 1.38 bits per heavy atom. The number of carbonyl (C=O) groups excluding carboxylic acids is 3. The summed E-state index contributed by atoms with van der Waals surface area (Å²) in [6, 6.07) is 0.852. The van der Waals surface area contributed by atoms with Crippen LogP contribution in [0.3, 0.4) is 0 Å². The minimum atomic E-state index is -0.702. The van der Waals surface area contributed by atoms with E-state index in [4.69, 9.17) is 4.74 Å². The van der Waals surface area contributed by atoms with Crippen LogP contribution in [0.2, 0.25) is 0 Å². The van der Waals surface area contributed by atoms with Crippen molar-refractivity contribution in [3.8, 4) is 0 Å². The highest BCUT2D eigenvalue weighted by Crippen LogP contribution is 2.10. The number of amides is 3. The number of aromatic nitrogens is 1. The van der Waals surface area contributed by atoms with Crippen LogP contribution in [-0.4, -0.2) is 35.5 Å². The molecule has 0 aliphatic carbocycles. The van der Waals surface area contributed by atoms with Crippen LogP contribution in [0.4, 0.5) is 4.79 Å². The average Bonchev–Trinajstić information content (AvgIpc) is 2.44. The van der Waals surface area contributed by atoms with E-state index in [2.05, 4.69) is 31.5 Å². The summed E-state index contributed by atoms with van der Waals surface area (Å²) in [5.74, 6) is -1.40. The Morgan fingerprint density at radius 2 is 2.10 bits per heavy atom. The molecule has 0 aliphatic heterocycles. The zero-order valence-electron chi connectivity index (χ0n) is 11.7. The van der Waals surface area contributed by atoms with Crippen LogP contribution in [-0.2, 0) is 9.53 Å². The maximum Gasteiger partial charge on any atom is 0.340 e. The minimum Gasteiger partial charge on any atom is -0.452 e. The molecule has 0 saturated carbocycles. The van der Waals surface area contributed by atoms with Gasteiger partial charge in [0.1, 0.15) is 0 Å². The monoisotopic (exact) mass is 357 g/mol. The van der Waals surface area contributed by atoms with Gasteiger partial charge in [-0.3, -0.25) is 15.1 Å². The Balaban J connectivity index is 2.39. The fourth-order valence-electron chi connectivity index (χ4n) is 1.26. The molecule has 1 aromatic rings. The zero-order valence-corrected chi connectivity index (χ0v) is 13.3. The second kappa shape index (κ2) is 8.35. The third-order valence-corrected chi connectivity index (χ3v) is 2.95. The van der Waals surface area contributed by atoms with Crippen LogP contribution in [0, 0.1) is 0 Å². The van der Waals surface area contributed by atoms with Crippen molar-refractivity contribution in [3.63, 3.8) is 0 Å². The summed E-state index contributed by atoms with van der Waals surface area (Å²) in [6.07, 6.45) is 3.58. The van der Waals surface area contributed by atoms with Crippen molar-refractivity contribution in [2.45, 2.75) is 26.3 Å². The molecule has 3 amide bonds. The Bertz CT molecular complexity index is 536. The maximum atomic E-state index is 11.6. The molecule has 0 spiro atoms. The number of urea groups is 1. The summed E-state index contributed by atoms with van der Waals surface area (Å²) in [6.45, 7) is 3.17. The predicted octanol–water partition coefficient (Wildman–Crippen LogP) is 1.63. The van der Waals surface area contributed by atoms with Gasteiger partial charge in [-0.25, -0.2) is 9.59 Å². The number of nitrogens with one attached hydrogen (secondary N) is 2. The molecule has 0 unspecified atom stereocenters. The van der Waals surface area contributed by atoms with E-state index < -0.39 is 24.5 Å². The van der Waals surface area contributed by atoms with E-state index >= 15 is 0 Å². The van der Waals surface area contributed by atoms with Crippen molar-refractivity contribution in [2.24, 2.45) is 0 Å². The predicted molar refractivity (Wildman–Crippen MR) is 78.6 cm³/mol. The van der Waals surface area contributed by atoms with Crippen molar-refractivity contribution in [1.29, 1.82) is 0 Å². The molecular weight excluding hydrogens is 342 g/mol. The van der Waals surface area contributed by atoms with E-state index in [9.17, 15) is 14.4 Å². The number of hydrogen-bond donors (Lipinski definition) is 2. The molecule has 1 rings (SSSR count). The molecule has 0 aromatic carbocycles. The van der Waals surface area contributed by atoms with Gasteiger partial charge in [-0.1, -0.05) is 6.92 Å². The largest absolute Gasteiger partial charge is 0.452 e. The smallest absolute Gasteiger partial charge is 0.340 e. The first-order valence-electron chi connectivity index (χ1n) is 6.30. The van der Waals surface area contributed by atoms with Crippen LogP contribution in [0.15, 0.2) is 22.9 Å². The molecule has 0 fully saturated rings. The number of hydrogen-bond acceptors (Lipinski definition) is 5. The van der Waals surface area contributed by atoms with Crippen molar-refractivity contribution in [2.75, 3.05) is 6.61 Å². The molecule has 21 heavy (non-hydrogen) atoms. The first-order valence-corrected chi connectivity index (χ1v) is 7.09. The van der Waals surface area contributed by atoms with Gasteiger partial charge >= 0.3 is 12.0 Å². The van der Waals surface area contributed by atoms with Crippen LogP contribution in [0.5, 0.6) is 0 Å². The summed E-state index contributed by atoms with van der Waals surface area (Å²) >= 11 is 3.17. The summed E-state index contributed by atoms with van der Waals surface area (Å²) in [5.41, 5.74) is 0.209. The molecule has 2 N–H and O–H groups in total. The van der Waals surface area contributed by atoms with E-state index in [1.807, 2.05) is 13.8 Å². The van der Waals surface area contributed by atoms with Crippen LogP contribution >= 0.6 is 15.9 Å². The quantitative estimate of drug-likeness (QED) is 0.780. The zero-order chi connectivity index (χ0) is 15.8. The molecule has 1 atom stereocenters. The number of nitrogens with zero attached hydrogens (tertiary/aromatic N) is 1. The second-order valence-electron chi connectivity index (χ2n) is 4.30. The minimum absolute atomic E-state index is 0.0481. The molecule has 8 heteroatoms. The lowest BCUT2D eigenvalue weighted by atomic mass is 10.3. The number of esters is 1. The molecule has 0 saturated heterocycles. The van der Waals surface area contributed by atoms with Gasteiger partial charge in [0.15, 0.2) is 6.61 Å². The fraction of sp³-hybridized carbons (Fsp3) is 0.385. The third kappa shape index (κ3) is 6.35. The Labute approximate surface area is 130 Å². The van der Waals surface area contributed by atoms with E-state index in [-0.39, 0.29) is 11.6 Å². The number of pyridine rings is 1. The normalized spacial score (nSPS) is 11.4. The van der Waals surface area contributed by atoms with Gasteiger partial charge in [0, 0.05) is 22.9 Å².